The quantitative estimate of drug-likeness (QED) is 0.394. The van der Waals surface area contributed by atoms with Crippen molar-refractivity contribution in [3.63, 3.8) is 0 Å². The van der Waals surface area contributed by atoms with Crippen LogP contribution in [0, 0.1) is 5.41 Å². The van der Waals surface area contributed by atoms with Crippen LogP contribution < -0.4 is 15.4 Å². The number of rotatable bonds is 7. The molecule has 1 aliphatic heterocycles. The molecule has 0 aromatic heterocycles. The van der Waals surface area contributed by atoms with Gasteiger partial charge in [-0.15, -0.1) is 0 Å². The summed E-state index contributed by atoms with van der Waals surface area (Å²) in [6.45, 7) is 4.21. The number of amidine groups is 1. The van der Waals surface area contributed by atoms with Crippen molar-refractivity contribution in [1.82, 2.24) is 15.4 Å². The molecule has 0 aromatic carbocycles. The van der Waals surface area contributed by atoms with Crippen molar-refractivity contribution in [2.45, 2.75) is 62.8 Å². The topological polar surface area (TPSA) is 82.6 Å². The highest BCUT2D eigenvalue weighted by molar-refractivity contribution is 7.70. The van der Waals surface area contributed by atoms with E-state index in [1.54, 1.807) is 0 Å². The molecule has 0 spiro atoms. The van der Waals surface area contributed by atoms with Gasteiger partial charge in [0.1, 0.15) is 5.84 Å². The highest BCUT2D eigenvalue weighted by Gasteiger charge is 2.71. The summed E-state index contributed by atoms with van der Waals surface area (Å²) in [5, 5.41) is 6.20. The molecule has 1 heterocycles. The lowest BCUT2D eigenvalue weighted by atomic mass is 9.39. The molecule has 3 saturated carbocycles. The molecule has 0 radical (unpaired) electrons. The van der Waals surface area contributed by atoms with Gasteiger partial charge in [-0.1, -0.05) is 0 Å². The standard InChI is InChI=1S/C14H23F3N4O2S/c1-11(2)9(5-18-4-3-14(15,16)17)19-10(20-11)12-6-13(7-12,8-12)21-24(22)23/h9,18,24H,3-8H2,1-2H3,(H,19,20)(H,21,22,23)/t9-,12?,13?/m0/s1. The zero-order chi connectivity index (χ0) is 17.8. The van der Waals surface area contributed by atoms with Crippen molar-refractivity contribution in [2.75, 3.05) is 13.1 Å². The SMILES string of the molecule is CC1(C)N=C(C23CC(N[SH](=O)=O)(C2)C3)N[C@H]1CNCCC(F)(F)F. The molecule has 138 valence electrons. The number of nitrogens with zero attached hydrogens (tertiary/aromatic N) is 1. The summed E-state index contributed by atoms with van der Waals surface area (Å²) in [4.78, 5) is 4.74. The molecule has 4 aliphatic rings. The summed E-state index contributed by atoms with van der Waals surface area (Å²) in [7, 11) is -2.60. The number of hydrogen-bond donors (Lipinski definition) is 4. The van der Waals surface area contributed by atoms with Gasteiger partial charge in [-0.25, -0.2) is 13.1 Å². The minimum atomic E-state index is -4.15. The first-order valence-corrected chi connectivity index (χ1v) is 9.20. The number of nitrogens with one attached hydrogen (secondary N) is 3. The maximum Gasteiger partial charge on any atom is 0.390 e. The van der Waals surface area contributed by atoms with Crippen LogP contribution in [0.4, 0.5) is 13.2 Å². The van der Waals surface area contributed by atoms with Gasteiger partial charge >= 0.3 is 6.18 Å². The van der Waals surface area contributed by atoms with Crippen LogP contribution in [0.25, 0.3) is 0 Å². The first kappa shape index (κ1) is 17.9. The van der Waals surface area contributed by atoms with Crippen LogP contribution in [0.1, 0.15) is 39.5 Å². The predicted molar refractivity (Wildman–Crippen MR) is 84.4 cm³/mol. The second kappa shape index (κ2) is 5.57. The molecule has 3 aliphatic carbocycles. The zero-order valence-corrected chi connectivity index (χ0v) is 14.6. The van der Waals surface area contributed by atoms with Gasteiger partial charge in [0.05, 0.1) is 18.0 Å². The minimum absolute atomic E-state index is 0.0743. The van der Waals surface area contributed by atoms with Crippen LogP contribution in [-0.2, 0) is 10.9 Å². The fraction of sp³-hybridized carbons (Fsp3) is 0.929. The summed E-state index contributed by atoms with van der Waals surface area (Å²) < 4.78 is 60.8. The molecule has 0 aromatic rings. The number of hydrogen-bond acceptors (Lipinski definition) is 5. The molecule has 10 heteroatoms. The van der Waals surface area contributed by atoms with E-state index in [9.17, 15) is 21.6 Å². The largest absolute Gasteiger partial charge is 0.390 e. The van der Waals surface area contributed by atoms with Crippen LogP contribution >= 0.6 is 0 Å². The number of thiol groups is 1. The molecule has 2 bridgehead atoms. The van der Waals surface area contributed by atoms with E-state index in [-0.39, 0.29) is 23.5 Å². The van der Waals surface area contributed by atoms with E-state index >= 15 is 0 Å². The van der Waals surface area contributed by atoms with Crippen molar-refractivity contribution in [2.24, 2.45) is 10.4 Å². The number of halogens is 3. The van der Waals surface area contributed by atoms with Gasteiger partial charge in [0.25, 0.3) is 0 Å². The van der Waals surface area contributed by atoms with Gasteiger partial charge in [-0.05, 0) is 33.1 Å². The van der Waals surface area contributed by atoms with Gasteiger partial charge in [0.15, 0.2) is 0 Å². The van der Waals surface area contributed by atoms with E-state index in [4.69, 9.17) is 4.99 Å². The Balaban J connectivity index is 1.51. The molecule has 0 amide bonds. The molecule has 4 rings (SSSR count). The van der Waals surface area contributed by atoms with E-state index in [2.05, 4.69) is 15.4 Å². The van der Waals surface area contributed by atoms with Crippen LogP contribution in [0.2, 0.25) is 0 Å². The smallest absolute Gasteiger partial charge is 0.367 e. The highest BCUT2D eigenvalue weighted by atomic mass is 32.2. The molecule has 24 heavy (non-hydrogen) atoms. The maximum absolute atomic E-state index is 12.2. The molecular weight excluding hydrogens is 345 g/mol. The fourth-order valence-electron chi connectivity index (χ4n) is 4.14. The van der Waals surface area contributed by atoms with E-state index < -0.39 is 29.0 Å². The molecule has 3 fully saturated rings. The second-order valence-corrected chi connectivity index (χ2v) is 8.58. The Bertz CT molecular complexity index is 602. The van der Waals surface area contributed by atoms with Gasteiger partial charge in [0.2, 0.25) is 10.9 Å². The van der Waals surface area contributed by atoms with E-state index in [0.717, 1.165) is 25.1 Å². The van der Waals surface area contributed by atoms with E-state index in [1.807, 2.05) is 13.8 Å². The average molecular weight is 368 g/mol. The lowest BCUT2D eigenvalue weighted by Crippen LogP contribution is -2.77. The van der Waals surface area contributed by atoms with Gasteiger partial charge < -0.3 is 10.6 Å². The van der Waals surface area contributed by atoms with Gasteiger partial charge in [0, 0.05) is 24.0 Å². The maximum atomic E-state index is 12.2. The second-order valence-electron chi connectivity index (χ2n) is 7.84. The van der Waals surface area contributed by atoms with Crippen molar-refractivity contribution < 1.29 is 21.6 Å². The number of alkyl halides is 3. The molecular formula is C14H23F3N4O2S. The van der Waals surface area contributed by atoms with Crippen LogP contribution in [0.15, 0.2) is 4.99 Å². The normalized spacial score (nSPS) is 36.8. The van der Waals surface area contributed by atoms with Crippen molar-refractivity contribution >= 4 is 16.7 Å². The third-order valence-electron chi connectivity index (χ3n) is 5.36. The highest BCUT2D eigenvalue weighted by Crippen LogP contribution is 2.68. The first-order valence-electron chi connectivity index (χ1n) is 8.02. The Kier molecular flexibility index (Phi) is 4.16. The van der Waals surface area contributed by atoms with E-state index in [0.29, 0.717) is 6.54 Å². The van der Waals surface area contributed by atoms with E-state index in [1.165, 1.54) is 0 Å². The van der Waals surface area contributed by atoms with Crippen LogP contribution in [0.5, 0.6) is 0 Å². The molecule has 3 N–H and O–H groups in total. The number of aliphatic imine (C=N–C) groups is 1. The van der Waals surface area contributed by atoms with Crippen LogP contribution in [-0.4, -0.2) is 50.6 Å². The summed E-state index contributed by atoms with van der Waals surface area (Å²) in [5.41, 5.74) is -0.788. The van der Waals surface area contributed by atoms with Crippen molar-refractivity contribution in [3.8, 4) is 0 Å². The Hall–Kier alpha value is -0.870. The first-order chi connectivity index (χ1) is 11.0. The fourth-order valence-corrected chi connectivity index (χ4v) is 4.76. The van der Waals surface area contributed by atoms with Gasteiger partial charge in [-0.3, -0.25) is 4.99 Å². The minimum Gasteiger partial charge on any atom is -0.367 e. The Morgan fingerprint density at radius 2 is 1.92 bits per heavy atom. The third-order valence-corrected chi connectivity index (χ3v) is 6.02. The summed E-state index contributed by atoms with van der Waals surface area (Å²) in [6, 6.07) is -0.0743. The third kappa shape index (κ3) is 3.28. The summed E-state index contributed by atoms with van der Waals surface area (Å²) >= 11 is 0. The monoisotopic (exact) mass is 368 g/mol. The lowest BCUT2D eigenvalue weighted by molar-refractivity contribution is -0.133. The molecule has 6 nitrogen and oxygen atoms in total. The Labute approximate surface area is 140 Å². The lowest BCUT2D eigenvalue weighted by Gasteiger charge is -2.69. The molecule has 0 saturated heterocycles. The predicted octanol–water partition coefficient (Wildman–Crippen LogP) is 0.716. The Morgan fingerprint density at radius 3 is 2.46 bits per heavy atom. The molecule has 0 unspecified atom stereocenters. The van der Waals surface area contributed by atoms with Crippen molar-refractivity contribution in [1.29, 1.82) is 0 Å². The van der Waals surface area contributed by atoms with Crippen molar-refractivity contribution in [3.05, 3.63) is 0 Å². The van der Waals surface area contributed by atoms with Gasteiger partial charge in [-0.2, -0.15) is 13.2 Å². The molecule has 1 atom stereocenters. The summed E-state index contributed by atoms with van der Waals surface area (Å²) in [5.74, 6) is 0.875. The average Bonchev–Trinajstić information content (AvgIpc) is 2.61. The zero-order valence-electron chi connectivity index (χ0n) is 13.7. The Morgan fingerprint density at radius 1 is 1.29 bits per heavy atom. The van der Waals surface area contributed by atoms with Crippen LogP contribution in [0.3, 0.4) is 0 Å². The summed E-state index contributed by atoms with van der Waals surface area (Å²) in [6.07, 6.45) is -2.79.